The third kappa shape index (κ3) is 3.22. The maximum atomic E-state index is 12.7. The monoisotopic (exact) mass is 377 g/mol. The van der Waals surface area contributed by atoms with E-state index in [1.54, 1.807) is 23.1 Å². The first kappa shape index (κ1) is 17.8. The Morgan fingerprint density at radius 2 is 2.00 bits per heavy atom. The summed E-state index contributed by atoms with van der Waals surface area (Å²) >= 11 is 0. The highest BCUT2D eigenvalue weighted by atomic mass is 16.6. The van der Waals surface area contributed by atoms with E-state index in [-0.39, 0.29) is 23.1 Å². The van der Waals surface area contributed by atoms with Gasteiger partial charge in [-0.1, -0.05) is 24.3 Å². The third-order valence-corrected chi connectivity index (χ3v) is 4.82. The fourth-order valence-electron chi connectivity index (χ4n) is 3.28. The predicted octanol–water partition coefficient (Wildman–Crippen LogP) is 2.98. The first-order valence-corrected chi connectivity index (χ1v) is 9.00. The van der Waals surface area contributed by atoms with Gasteiger partial charge in [0.25, 0.3) is 5.91 Å². The largest absolute Gasteiger partial charge is 0.447 e. The summed E-state index contributed by atoms with van der Waals surface area (Å²) in [6.07, 6.45) is 1.06. The number of amides is 2. The van der Waals surface area contributed by atoms with Gasteiger partial charge in [0, 0.05) is 22.8 Å². The average Bonchev–Trinajstić information content (AvgIpc) is 3.14. The minimum absolute atomic E-state index is 0.0600. The third-order valence-electron chi connectivity index (χ3n) is 4.82. The molecule has 0 spiro atoms. The number of cyclic esters (lactones) is 1. The Labute approximate surface area is 160 Å². The predicted molar refractivity (Wildman–Crippen MR) is 106 cm³/mol. The molecule has 0 saturated carbocycles. The van der Waals surface area contributed by atoms with E-state index in [4.69, 9.17) is 4.74 Å². The summed E-state index contributed by atoms with van der Waals surface area (Å²) in [7, 11) is 0. The summed E-state index contributed by atoms with van der Waals surface area (Å²) in [6, 6.07) is 14.0. The van der Waals surface area contributed by atoms with E-state index in [1.165, 1.54) is 6.20 Å². The summed E-state index contributed by atoms with van der Waals surface area (Å²) in [6.45, 7) is 2.68. The lowest BCUT2D eigenvalue weighted by Crippen LogP contribution is -2.31. The van der Waals surface area contributed by atoms with Gasteiger partial charge in [-0.05, 0) is 36.8 Å². The molecule has 1 aliphatic rings. The van der Waals surface area contributed by atoms with Gasteiger partial charge in [0.1, 0.15) is 12.2 Å². The molecular formula is C21H19N3O4. The Morgan fingerprint density at radius 3 is 2.79 bits per heavy atom. The van der Waals surface area contributed by atoms with Gasteiger partial charge in [-0.15, -0.1) is 0 Å². The normalized spacial score (nSPS) is 14.8. The minimum atomic E-state index is -0.453. The van der Waals surface area contributed by atoms with E-state index in [0.29, 0.717) is 29.7 Å². The Kier molecular flexibility index (Phi) is 4.57. The summed E-state index contributed by atoms with van der Waals surface area (Å²) in [5.41, 5.74) is 1.96. The van der Waals surface area contributed by atoms with Gasteiger partial charge in [-0.3, -0.25) is 14.5 Å². The number of aromatic nitrogens is 1. The highest BCUT2D eigenvalue weighted by Gasteiger charge is 2.24. The molecule has 3 aromatic rings. The number of anilines is 1. The number of hydrogen-bond donors (Lipinski definition) is 2. The van der Waals surface area contributed by atoms with Crippen LogP contribution in [0.2, 0.25) is 0 Å². The van der Waals surface area contributed by atoms with Crippen molar-refractivity contribution in [1.82, 2.24) is 10.3 Å². The van der Waals surface area contributed by atoms with Gasteiger partial charge in [-0.25, -0.2) is 4.79 Å². The van der Waals surface area contributed by atoms with Crippen LogP contribution in [-0.2, 0) is 4.74 Å². The number of pyridine rings is 1. The van der Waals surface area contributed by atoms with Crippen molar-refractivity contribution < 1.29 is 14.3 Å². The van der Waals surface area contributed by atoms with Crippen molar-refractivity contribution in [2.45, 2.75) is 13.0 Å². The SMILES string of the molecule is C[C@@H](NC(=O)c1c[nH]c2ccccc2c1=O)c1cccc(N2CCOC2=O)c1. The zero-order valence-electron chi connectivity index (χ0n) is 15.3. The van der Waals surface area contributed by atoms with Crippen molar-refractivity contribution in [2.75, 3.05) is 18.1 Å². The summed E-state index contributed by atoms with van der Waals surface area (Å²) < 4.78 is 4.97. The van der Waals surface area contributed by atoms with Gasteiger partial charge in [0.05, 0.1) is 12.6 Å². The molecule has 0 bridgehead atoms. The molecule has 0 radical (unpaired) electrons. The van der Waals surface area contributed by atoms with E-state index in [0.717, 1.165) is 5.56 Å². The Hall–Kier alpha value is -3.61. The van der Waals surface area contributed by atoms with Gasteiger partial charge >= 0.3 is 6.09 Å². The molecule has 4 rings (SSSR count). The number of benzene rings is 2. The van der Waals surface area contributed by atoms with Crippen LogP contribution in [0, 0.1) is 0 Å². The van der Waals surface area contributed by atoms with Crippen LogP contribution >= 0.6 is 0 Å². The maximum absolute atomic E-state index is 12.7. The molecule has 1 aliphatic heterocycles. The first-order valence-electron chi connectivity index (χ1n) is 9.00. The van der Waals surface area contributed by atoms with E-state index in [2.05, 4.69) is 10.3 Å². The van der Waals surface area contributed by atoms with Crippen LogP contribution in [-0.4, -0.2) is 30.1 Å². The zero-order chi connectivity index (χ0) is 19.7. The van der Waals surface area contributed by atoms with Crippen LogP contribution in [0.5, 0.6) is 0 Å². The van der Waals surface area contributed by atoms with Crippen LogP contribution in [0.25, 0.3) is 10.9 Å². The number of hydrogen-bond acceptors (Lipinski definition) is 4. The van der Waals surface area contributed by atoms with Crippen molar-refractivity contribution in [2.24, 2.45) is 0 Å². The lowest BCUT2D eigenvalue weighted by molar-refractivity contribution is 0.0938. The molecule has 2 heterocycles. The van der Waals surface area contributed by atoms with Gasteiger partial charge < -0.3 is 15.0 Å². The van der Waals surface area contributed by atoms with E-state index in [1.807, 2.05) is 37.3 Å². The molecule has 1 fully saturated rings. The molecule has 2 amide bonds. The van der Waals surface area contributed by atoms with Crippen molar-refractivity contribution in [3.63, 3.8) is 0 Å². The summed E-state index contributed by atoms with van der Waals surface area (Å²) in [5.74, 6) is -0.453. The van der Waals surface area contributed by atoms with E-state index in [9.17, 15) is 14.4 Å². The van der Waals surface area contributed by atoms with Gasteiger partial charge in [-0.2, -0.15) is 0 Å². The molecule has 2 aromatic carbocycles. The molecule has 7 heteroatoms. The molecule has 0 aliphatic carbocycles. The quantitative estimate of drug-likeness (QED) is 0.731. The van der Waals surface area contributed by atoms with E-state index < -0.39 is 5.91 Å². The molecule has 7 nitrogen and oxygen atoms in total. The highest BCUT2D eigenvalue weighted by Crippen LogP contribution is 2.23. The fraction of sp³-hybridized carbons (Fsp3) is 0.190. The second kappa shape index (κ2) is 7.19. The Bertz CT molecular complexity index is 1120. The Balaban J connectivity index is 1.56. The van der Waals surface area contributed by atoms with Crippen LogP contribution in [0.1, 0.15) is 28.9 Å². The van der Waals surface area contributed by atoms with E-state index >= 15 is 0 Å². The van der Waals surface area contributed by atoms with Crippen molar-refractivity contribution >= 4 is 28.6 Å². The van der Waals surface area contributed by atoms with Crippen LogP contribution in [0.4, 0.5) is 10.5 Å². The molecule has 2 N–H and O–H groups in total. The van der Waals surface area contributed by atoms with Gasteiger partial charge in [0.2, 0.25) is 5.43 Å². The highest BCUT2D eigenvalue weighted by molar-refractivity contribution is 5.97. The molecule has 1 aromatic heterocycles. The number of rotatable bonds is 4. The molecular weight excluding hydrogens is 358 g/mol. The van der Waals surface area contributed by atoms with Crippen molar-refractivity contribution in [3.8, 4) is 0 Å². The molecule has 1 atom stereocenters. The number of carbonyl (C=O) groups is 2. The number of carbonyl (C=O) groups excluding carboxylic acids is 2. The Morgan fingerprint density at radius 1 is 1.18 bits per heavy atom. The van der Waals surface area contributed by atoms with Crippen molar-refractivity contribution in [1.29, 1.82) is 0 Å². The number of nitrogens with zero attached hydrogens (tertiary/aromatic N) is 1. The van der Waals surface area contributed by atoms with Crippen LogP contribution < -0.4 is 15.6 Å². The average molecular weight is 377 g/mol. The zero-order valence-corrected chi connectivity index (χ0v) is 15.3. The van der Waals surface area contributed by atoms with Crippen molar-refractivity contribution in [3.05, 3.63) is 76.1 Å². The lowest BCUT2D eigenvalue weighted by atomic mass is 10.1. The second-order valence-corrected chi connectivity index (χ2v) is 6.63. The van der Waals surface area contributed by atoms with Crippen LogP contribution in [0.15, 0.2) is 59.5 Å². The fourth-order valence-corrected chi connectivity index (χ4v) is 3.28. The number of fused-ring (bicyclic) bond motifs is 1. The molecule has 28 heavy (non-hydrogen) atoms. The molecule has 1 saturated heterocycles. The summed E-state index contributed by atoms with van der Waals surface area (Å²) in [4.78, 5) is 41.6. The smallest absolute Gasteiger partial charge is 0.414 e. The summed E-state index contributed by atoms with van der Waals surface area (Å²) in [5, 5.41) is 3.32. The lowest BCUT2D eigenvalue weighted by Gasteiger charge is -2.18. The first-order chi connectivity index (χ1) is 13.5. The molecule has 0 unspecified atom stereocenters. The second-order valence-electron chi connectivity index (χ2n) is 6.63. The number of para-hydroxylation sites is 1. The maximum Gasteiger partial charge on any atom is 0.414 e. The number of H-pyrrole nitrogens is 1. The van der Waals surface area contributed by atoms with Crippen LogP contribution in [0.3, 0.4) is 0 Å². The minimum Gasteiger partial charge on any atom is -0.447 e. The molecule has 142 valence electrons. The topological polar surface area (TPSA) is 91.5 Å². The standard InChI is InChI=1S/C21H19N3O4/c1-13(14-5-4-6-15(11-14)24-9-10-28-21(24)27)23-20(26)17-12-22-18-8-3-2-7-16(18)19(17)25/h2-8,11-13H,9-10H2,1H3,(H,22,25)(H,23,26)/t13-/m1/s1. The number of ether oxygens (including phenoxy) is 1. The number of aromatic amines is 1. The number of nitrogens with one attached hydrogen (secondary N) is 2. The van der Waals surface area contributed by atoms with Gasteiger partial charge in [0.15, 0.2) is 0 Å².